The minimum absolute atomic E-state index is 0.140. The summed E-state index contributed by atoms with van der Waals surface area (Å²) in [6.07, 6.45) is 1.59. The minimum atomic E-state index is -0.140. The summed E-state index contributed by atoms with van der Waals surface area (Å²) in [5.74, 6) is 1.22. The fraction of sp³-hybridized carbons (Fsp3) is 0.167. The average molecular weight is 421 g/mol. The van der Waals surface area contributed by atoms with Crippen LogP contribution in [0.2, 0.25) is 5.02 Å². The summed E-state index contributed by atoms with van der Waals surface area (Å²) in [5.41, 5.74) is 4.57. The largest absolute Gasteiger partial charge is 0.467 e. The van der Waals surface area contributed by atoms with Gasteiger partial charge >= 0.3 is 0 Å². The number of amides is 1. The van der Waals surface area contributed by atoms with Gasteiger partial charge in [-0.1, -0.05) is 28.9 Å². The van der Waals surface area contributed by atoms with E-state index in [1.165, 1.54) is 11.1 Å². The summed E-state index contributed by atoms with van der Waals surface area (Å²) < 4.78 is 11.0. The van der Waals surface area contributed by atoms with Crippen LogP contribution in [0.1, 0.15) is 32.9 Å². The van der Waals surface area contributed by atoms with E-state index in [9.17, 15) is 4.79 Å². The van der Waals surface area contributed by atoms with Gasteiger partial charge in [0.05, 0.1) is 19.4 Å². The zero-order valence-electron chi connectivity index (χ0n) is 16.8. The third kappa shape index (κ3) is 4.47. The summed E-state index contributed by atoms with van der Waals surface area (Å²) in [4.78, 5) is 14.8. The molecule has 2 heterocycles. The molecule has 6 heteroatoms. The molecule has 0 unspecified atom stereocenters. The number of aryl methyl sites for hydroxylation is 2. The van der Waals surface area contributed by atoms with Gasteiger partial charge < -0.3 is 13.8 Å². The Bertz CT molecular complexity index is 1150. The molecule has 2 aromatic carbocycles. The van der Waals surface area contributed by atoms with E-state index in [1.54, 1.807) is 41.5 Å². The van der Waals surface area contributed by atoms with Gasteiger partial charge in [0.15, 0.2) is 5.76 Å². The van der Waals surface area contributed by atoms with Crippen molar-refractivity contribution in [3.63, 3.8) is 0 Å². The third-order valence-electron chi connectivity index (χ3n) is 5.01. The van der Waals surface area contributed by atoms with Crippen LogP contribution in [-0.4, -0.2) is 16.0 Å². The van der Waals surface area contributed by atoms with E-state index in [1.807, 2.05) is 18.2 Å². The number of rotatable bonds is 6. The fourth-order valence-electron chi connectivity index (χ4n) is 3.18. The van der Waals surface area contributed by atoms with Gasteiger partial charge in [-0.2, -0.15) is 0 Å². The van der Waals surface area contributed by atoms with Gasteiger partial charge in [-0.05, 0) is 67.4 Å². The third-order valence-corrected chi connectivity index (χ3v) is 5.26. The molecule has 152 valence electrons. The van der Waals surface area contributed by atoms with Crippen molar-refractivity contribution in [1.29, 1.82) is 0 Å². The van der Waals surface area contributed by atoms with E-state index in [0.29, 0.717) is 34.3 Å². The van der Waals surface area contributed by atoms with Crippen molar-refractivity contribution in [2.24, 2.45) is 0 Å². The number of hydrogen-bond donors (Lipinski definition) is 0. The van der Waals surface area contributed by atoms with Crippen LogP contribution in [-0.2, 0) is 13.1 Å². The number of nitrogens with zero attached hydrogens (tertiary/aromatic N) is 2. The predicted octanol–water partition coefficient (Wildman–Crippen LogP) is 6.05. The lowest BCUT2D eigenvalue weighted by Gasteiger charge is -2.20. The highest BCUT2D eigenvalue weighted by molar-refractivity contribution is 6.30. The van der Waals surface area contributed by atoms with Crippen LogP contribution in [0.4, 0.5) is 0 Å². The van der Waals surface area contributed by atoms with Crippen molar-refractivity contribution >= 4 is 17.5 Å². The molecule has 0 fully saturated rings. The van der Waals surface area contributed by atoms with Gasteiger partial charge in [-0.25, -0.2) is 0 Å². The van der Waals surface area contributed by atoms with Gasteiger partial charge in [0, 0.05) is 22.2 Å². The van der Waals surface area contributed by atoms with Gasteiger partial charge in [-0.15, -0.1) is 0 Å². The lowest BCUT2D eigenvalue weighted by molar-refractivity contribution is 0.0714. The lowest BCUT2D eigenvalue weighted by atomic mass is 10.0. The first kappa shape index (κ1) is 20.0. The van der Waals surface area contributed by atoms with Crippen LogP contribution in [0.5, 0.6) is 0 Å². The zero-order chi connectivity index (χ0) is 21.1. The molecular weight excluding hydrogens is 400 g/mol. The number of benzene rings is 2. The Hall–Kier alpha value is -3.31. The molecule has 0 aliphatic heterocycles. The first-order valence-electron chi connectivity index (χ1n) is 9.60. The van der Waals surface area contributed by atoms with Gasteiger partial charge in [-0.3, -0.25) is 4.79 Å². The van der Waals surface area contributed by atoms with E-state index in [2.05, 4.69) is 31.1 Å². The highest BCUT2D eigenvalue weighted by Gasteiger charge is 2.20. The first-order chi connectivity index (χ1) is 14.5. The predicted molar refractivity (Wildman–Crippen MR) is 115 cm³/mol. The second-order valence-corrected chi connectivity index (χ2v) is 7.67. The highest BCUT2D eigenvalue weighted by Crippen LogP contribution is 2.24. The maximum Gasteiger partial charge on any atom is 0.254 e. The van der Waals surface area contributed by atoms with Crippen molar-refractivity contribution in [2.45, 2.75) is 26.9 Å². The zero-order valence-corrected chi connectivity index (χ0v) is 17.5. The average Bonchev–Trinajstić information content (AvgIpc) is 3.42. The number of carbonyl (C=O) groups is 1. The molecule has 0 N–H and O–H groups in total. The molecule has 0 spiro atoms. The van der Waals surface area contributed by atoms with Crippen LogP contribution >= 0.6 is 11.6 Å². The van der Waals surface area contributed by atoms with E-state index in [4.69, 9.17) is 20.5 Å². The molecule has 0 bridgehead atoms. The molecule has 0 radical (unpaired) electrons. The quantitative estimate of drug-likeness (QED) is 0.381. The van der Waals surface area contributed by atoms with Crippen LogP contribution < -0.4 is 0 Å². The smallest absolute Gasteiger partial charge is 0.254 e. The molecule has 0 saturated carbocycles. The molecule has 5 nitrogen and oxygen atoms in total. The molecule has 4 aromatic rings. The molecule has 0 aliphatic rings. The van der Waals surface area contributed by atoms with E-state index in [0.717, 1.165) is 5.56 Å². The van der Waals surface area contributed by atoms with Crippen LogP contribution in [0.3, 0.4) is 0 Å². The molecule has 0 atom stereocenters. The summed E-state index contributed by atoms with van der Waals surface area (Å²) >= 11 is 5.96. The van der Waals surface area contributed by atoms with Gasteiger partial charge in [0.1, 0.15) is 11.5 Å². The number of carbonyl (C=O) groups excluding carboxylic acids is 1. The molecule has 30 heavy (non-hydrogen) atoms. The number of hydrogen-bond acceptors (Lipinski definition) is 4. The van der Waals surface area contributed by atoms with E-state index >= 15 is 0 Å². The highest BCUT2D eigenvalue weighted by atomic mass is 35.5. The summed E-state index contributed by atoms with van der Waals surface area (Å²) in [6.45, 7) is 4.74. The van der Waals surface area contributed by atoms with E-state index in [-0.39, 0.29) is 12.5 Å². The maximum atomic E-state index is 13.1. The summed E-state index contributed by atoms with van der Waals surface area (Å²) in [6, 6.07) is 18.5. The summed E-state index contributed by atoms with van der Waals surface area (Å²) in [5, 5.41) is 4.77. The minimum Gasteiger partial charge on any atom is -0.467 e. The van der Waals surface area contributed by atoms with Crippen LogP contribution in [0.25, 0.3) is 11.3 Å². The lowest BCUT2D eigenvalue weighted by Crippen LogP contribution is -2.30. The van der Waals surface area contributed by atoms with Crippen molar-refractivity contribution in [3.8, 4) is 11.3 Å². The standard InChI is InChI=1S/C24H21ClN2O3/c1-16-5-6-19(12-17(16)2)23-13-21(26-30-23)14-27(15-22-4-3-11-29-22)24(28)18-7-9-20(25)10-8-18/h3-13H,14-15H2,1-2H3. The molecule has 0 aliphatic carbocycles. The summed E-state index contributed by atoms with van der Waals surface area (Å²) in [7, 11) is 0. The van der Waals surface area contributed by atoms with Gasteiger partial charge in [0.25, 0.3) is 5.91 Å². The van der Waals surface area contributed by atoms with Gasteiger partial charge in [0.2, 0.25) is 0 Å². The SMILES string of the molecule is Cc1ccc(-c2cc(CN(Cc3ccco3)C(=O)c3ccc(Cl)cc3)no2)cc1C. The Morgan fingerprint density at radius 1 is 1.00 bits per heavy atom. The van der Waals surface area contributed by atoms with Crippen molar-refractivity contribution in [2.75, 3.05) is 0 Å². The molecule has 4 rings (SSSR count). The second-order valence-electron chi connectivity index (χ2n) is 7.23. The molecular formula is C24H21ClN2O3. The number of halogens is 1. The van der Waals surface area contributed by atoms with E-state index < -0.39 is 0 Å². The maximum absolute atomic E-state index is 13.1. The molecule has 0 saturated heterocycles. The number of furan rings is 1. The Labute approximate surface area is 179 Å². The normalized spacial score (nSPS) is 10.9. The monoisotopic (exact) mass is 420 g/mol. The van der Waals surface area contributed by atoms with Crippen LogP contribution in [0.15, 0.2) is 75.9 Å². The van der Waals surface area contributed by atoms with Crippen molar-refractivity contribution in [1.82, 2.24) is 10.1 Å². The molecule has 1 amide bonds. The topological polar surface area (TPSA) is 59.5 Å². The van der Waals surface area contributed by atoms with Crippen LogP contribution in [0, 0.1) is 13.8 Å². The Morgan fingerprint density at radius 2 is 1.80 bits per heavy atom. The Kier molecular flexibility index (Phi) is 5.72. The molecule has 2 aromatic heterocycles. The first-order valence-corrected chi connectivity index (χ1v) is 9.98. The Morgan fingerprint density at radius 3 is 2.50 bits per heavy atom. The second kappa shape index (κ2) is 8.59. The Balaban J connectivity index is 1.58. The van der Waals surface area contributed by atoms with Crippen molar-refractivity contribution in [3.05, 3.63) is 100 Å². The fourth-order valence-corrected chi connectivity index (χ4v) is 3.30. The number of aromatic nitrogens is 1. The van der Waals surface area contributed by atoms with Crippen molar-refractivity contribution < 1.29 is 13.7 Å².